The highest BCUT2D eigenvalue weighted by atomic mass is 16.2. The van der Waals surface area contributed by atoms with Gasteiger partial charge in [0.2, 0.25) is 5.91 Å². The van der Waals surface area contributed by atoms with Crippen molar-refractivity contribution in [2.45, 2.75) is 51.6 Å². The second-order valence-corrected chi connectivity index (χ2v) is 7.01. The van der Waals surface area contributed by atoms with E-state index in [2.05, 4.69) is 34.0 Å². The van der Waals surface area contributed by atoms with Gasteiger partial charge in [-0.2, -0.15) is 0 Å². The van der Waals surface area contributed by atoms with Crippen LogP contribution in [0.3, 0.4) is 0 Å². The molecule has 6 heteroatoms. The number of amides is 1. The van der Waals surface area contributed by atoms with Gasteiger partial charge in [-0.25, -0.2) is 4.99 Å². The number of carbonyl (C=O) groups is 1. The van der Waals surface area contributed by atoms with E-state index in [-0.39, 0.29) is 12.5 Å². The lowest BCUT2D eigenvalue weighted by Gasteiger charge is -2.27. The van der Waals surface area contributed by atoms with Crippen molar-refractivity contribution in [3.63, 3.8) is 0 Å². The highest BCUT2D eigenvalue weighted by molar-refractivity contribution is 5.85. The van der Waals surface area contributed by atoms with Crippen LogP contribution < -0.4 is 5.32 Å². The van der Waals surface area contributed by atoms with Gasteiger partial charge in [-0.3, -0.25) is 9.69 Å². The Labute approximate surface area is 140 Å². The van der Waals surface area contributed by atoms with Crippen molar-refractivity contribution in [1.82, 2.24) is 20.0 Å². The minimum absolute atomic E-state index is 0.0451. The normalized spacial score (nSPS) is 24.1. The van der Waals surface area contributed by atoms with Gasteiger partial charge in [0.1, 0.15) is 6.54 Å². The molecular formula is C17H33N5O. The minimum atomic E-state index is 0.0451. The van der Waals surface area contributed by atoms with Gasteiger partial charge in [-0.1, -0.05) is 6.92 Å². The number of aliphatic imine (C=N–C) groups is 1. The third-order valence-electron chi connectivity index (χ3n) is 4.97. The zero-order valence-corrected chi connectivity index (χ0v) is 15.2. The molecule has 1 N–H and O–H groups in total. The molecule has 2 heterocycles. The molecule has 2 rings (SSSR count). The Morgan fingerprint density at radius 3 is 2.61 bits per heavy atom. The van der Waals surface area contributed by atoms with E-state index in [4.69, 9.17) is 0 Å². The van der Waals surface area contributed by atoms with Gasteiger partial charge in [0.25, 0.3) is 0 Å². The monoisotopic (exact) mass is 323 g/mol. The van der Waals surface area contributed by atoms with Crippen molar-refractivity contribution in [2.24, 2.45) is 4.99 Å². The first-order chi connectivity index (χ1) is 11.0. The summed E-state index contributed by atoms with van der Waals surface area (Å²) in [6, 6.07) is 1.01. The molecule has 0 spiro atoms. The summed E-state index contributed by atoms with van der Waals surface area (Å²) < 4.78 is 0. The van der Waals surface area contributed by atoms with Crippen LogP contribution in [0.2, 0.25) is 0 Å². The molecule has 2 aliphatic rings. The SMILES string of the molecule is CC[C@H](C)NC(=NCC(=O)N(C)C)N1CC[C@@H](N2CCCC2)C1. The van der Waals surface area contributed by atoms with E-state index in [9.17, 15) is 4.79 Å². The molecule has 132 valence electrons. The second-order valence-electron chi connectivity index (χ2n) is 7.01. The third-order valence-corrected chi connectivity index (χ3v) is 4.97. The van der Waals surface area contributed by atoms with Crippen molar-refractivity contribution in [3.8, 4) is 0 Å². The first-order valence-corrected chi connectivity index (χ1v) is 9.01. The van der Waals surface area contributed by atoms with Crippen molar-refractivity contribution < 1.29 is 4.79 Å². The van der Waals surface area contributed by atoms with Crippen LogP contribution in [0.5, 0.6) is 0 Å². The molecule has 0 bridgehead atoms. The number of hydrogen-bond acceptors (Lipinski definition) is 3. The van der Waals surface area contributed by atoms with E-state index < -0.39 is 0 Å². The van der Waals surface area contributed by atoms with E-state index >= 15 is 0 Å². The summed E-state index contributed by atoms with van der Waals surface area (Å²) in [5.74, 6) is 0.944. The predicted molar refractivity (Wildman–Crippen MR) is 94.7 cm³/mol. The number of rotatable bonds is 5. The molecule has 2 saturated heterocycles. The number of nitrogens with zero attached hydrogens (tertiary/aromatic N) is 4. The standard InChI is InChI=1S/C17H33N5O/c1-5-14(2)19-17(18-12-16(23)20(3)4)22-11-8-15(13-22)21-9-6-7-10-21/h14-15H,5-13H2,1-4H3,(H,18,19)/t14-,15+/m0/s1. The maximum absolute atomic E-state index is 11.9. The van der Waals surface area contributed by atoms with Crippen LogP contribution in [0.4, 0.5) is 0 Å². The van der Waals surface area contributed by atoms with Gasteiger partial charge < -0.3 is 15.1 Å². The number of carbonyl (C=O) groups excluding carboxylic acids is 1. The summed E-state index contributed by atoms with van der Waals surface area (Å²) in [4.78, 5) is 23.0. The van der Waals surface area contributed by atoms with Crippen LogP contribution in [-0.2, 0) is 4.79 Å². The quantitative estimate of drug-likeness (QED) is 0.605. The van der Waals surface area contributed by atoms with E-state index in [0.717, 1.165) is 25.5 Å². The molecule has 6 nitrogen and oxygen atoms in total. The second kappa shape index (κ2) is 8.52. The summed E-state index contributed by atoms with van der Waals surface area (Å²) in [5.41, 5.74) is 0. The molecule has 2 aliphatic heterocycles. The number of nitrogens with one attached hydrogen (secondary N) is 1. The van der Waals surface area contributed by atoms with Crippen LogP contribution >= 0.6 is 0 Å². The highest BCUT2D eigenvalue weighted by Crippen LogP contribution is 2.20. The van der Waals surface area contributed by atoms with Gasteiger partial charge in [-0.15, -0.1) is 0 Å². The van der Waals surface area contributed by atoms with Crippen LogP contribution in [0.25, 0.3) is 0 Å². The van der Waals surface area contributed by atoms with Gasteiger partial charge in [0, 0.05) is 39.3 Å². The zero-order valence-electron chi connectivity index (χ0n) is 15.2. The fourth-order valence-corrected chi connectivity index (χ4v) is 3.18. The number of hydrogen-bond donors (Lipinski definition) is 1. The Kier molecular flexibility index (Phi) is 6.69. The smallest absolute Gasteiger partial charge is 0.243 e. The summed E-state index contributed by atoms with van der Waals surface area (Å²) in [6.45, 7) is 9.08. The minimum Gasteiger partial charge on any atom is -0.354 e. The lowest BCUT2D eigenvalue weighted by Crippen LogP contribution is -2.46. The largest absolute Gasteiger partial charge is 0.354 e. The molecule has 0 radical (unpaired) electrons. The lowest BCUT2D eigenvalue weighted by atomic mass is 10.2. The van der Waals surface area contributed by atoms with E-state index in [0.29, 0.717) is 12.1 Å². The van der Waals surface area contributed by atoms with E-state index in [1.807, 2.05) is 0 Å². The first-order valence-electron chi connectivity index (χ1n) is 9.01. The Bertz CT molecular complexity index is 417. The summed E-state index contributed by atoms with van der Waals surface area (Å²) in [5, 5.41) is 3.50. The molecular weight excluding hydrogens is 290 g/mol. The molecule has 0 aliphatic carbocycles. The van der Waals surface area contributed by atoms with Crippen molar-refractivity contribution in [2.75, 3.05) is 46.8 Å². The topological polar surface area (TPSA) is 51.2 Å². The third kappa shape index (κ3) is 5.09. The van der Waals surface area contributed by atoms with Crippen molar-refractivity contribution in [3.05, 3.63) is 0 Å². The fourth-order valence-electron chi connectivity index (χ4n) is 3.18. The van der Waals surface area contributed by atoms with Crippen LogP contribution in [-0.4, -0.2) is 85.5 Å². The van der Waals surface area contributed by atoms with Crippen molar-refractivity contribution >= 4 is 11.9 Å². The van der Waals surface area contributed by atoms with Crippen LogP contribution in [0, 0.1) is 0 Å². The fraction of sp³-hybridized carbons (Fsp3) is 0.882. The Balaban J connectivity index is 1.98. The molecule has 0 aromatic carbocycles. The molecule has 0 saturated carbocycles. The van der Waals surface area contributed by atoms with Crippen LogP contribution in [0.1, 0.15) is 39.5 Å². The van der Waals surface area contributed by atoms with E-state index in [1.54, 1.807) is 19.0 Å². The van der Waals surface area contributed by atoms with E-state index in [1.165, 1.54) is 32.4 Å². The first kappa shape index (κ1) is 18.0. The molecule has 23 heavy (non-hydrogen) atoms. The Hall–Kier alpha value is -1.30. The Morgan fingerprint density at radius 2 is 2.00 bits per heavy atom. The number of guanidine groups is 1. The zero-order chi connectivity index (χ0) is 16.8. The molecule has 1 amide bonds. The van der Waals surface area contributed by atoms with Crippen molar-refractivity contribution in [1.29, 1.82) is 0 Å². The molecule has 2 atom stereocenters. The molecule has 0 aromatic rings. The maximum atomic E-state index is 11.9. The average molecular weight is 323 g/mol. The molecule has 0 aromatic heterocycles. The highest BCUT2D eigenvalue weighted by Gasteiger charge is 2.31. The molecule has 0 unspecified atom stereocenters. The summed E-state index contributed by atoms with van der Waals surface area (Å²) >= 11 is 0. The summed E-state index contributed by atoms with van der Waals surface area (Å²) in [6.07, 6.45) is 4.91. The Morgan fingerprint density at radius 1 is 1.30 bits per heavy atom. The van der Waals surface area contributed by atoms with Gasteiger partial charge >= 0.3 is 0 Å². The number of likely N-dealkylation sites (tertiary alicyclic amines) is 2. The van der Waals surface area contributed by atoms with Crippen LogP contribution in [0.15, 0.2) is 4.99 Å². The number of likely N-dealkylation sites (N-methyl/N-ethyl adjacent to an activating group) is 1. The lowest BCUT2D eigenvalue weighted by molar-refractivity contribution is -0.127. The summed E-state index contributed by atoms with van der Waals surface area (Å²) in [7, 11) is 3.55. The predicted octanol–water partition coefficient (Wildman–Crippen LogP) is 0.989. The maximum Gasteiger partial charge on any atom is 0.243 e. The molecule has 2 fully saturated rings. The van der Waals surface area contributed by atoms with Gasteiger partial charge in [0.15, 0.2) is 5.96 Å². The average Bonchev–Trinajstić information content (AvgIpc) is 3.20. The van der Waals surface area contributed by atoms with Gasteiger partial charge in [-0.05, 0) is 45.7 Å². The van der Waals surface area contributed by atoms with Gasteiger partial charge in [0.05, 0.1) is 0 Å².